The Balaban J connectivity index is 2.09. The summed E-state index contributed by atoms with van der Waals surface area (Å²) in [4.78, 5) is 22.2. The molecule has 0 radical (unpaired) electrons. The molecule has 1 aromatic rings. The van der Waals surface area contributed by atoms with E-state index in [9.17, 15) is 14.9 Å². The van der Waals surface area contributed by atoms with Crippen LogP contribution in [0.2, 0.25) is 0 Å². The fourth-order valence-electron chi connectivity index (χ4n) is 2.04. The fourth-order valence-corrected chi connectivity index (χ4v) is 2.57. The maximum Gasteiger partial charge on any atom is 0.283 e. The lowest BCUT2D eigenvalue weighted by Gasteiger charge is -2.14. The quantitative estimate of drug-likeness (QED) is 0.683. The molecule has 19 heavy (non-hydrogen) atoms. The van der Waals surface area contributed by atoms with Gasteiger partial charge in [-0.05, 0) is 41.4 Å². The molecule has 1 aromatic carbocycles. The number of nitrogens with one attached hydrogen (secondary N) is 1. The number of ether oxygens (including phenoxy) is 1. The van der Waals surface area contributed by atoms with Crippen molar-refractivity contribution in [3.8, 4) is 0 Å². The van der Waals surface area contributed by atoms with E-state index >= 15 is 0 Å². The van der Waals surface area contributed by atoms with Crippen molar-refractivity contribution in [2.24, 2.45) is 5.92 Å². The normalized spacial score (nSPS) is 22.2. The summed E-state index contributed by atoms with van der Waals surface area (Å²) < 4.78 is 5.68. The third-order valence-electron chi connectivity index (χ3n) is 3.12. The van der Waals surface area contributed by atoms with Crippen LogP contribution < -0.4 is 5.32 Å². The number of benzene rings is 1. The maximum absolute atomic E-state index is 12.0. The van der Waals surface area contributed by atoms with E-state index in [0.29, 0.717) is 23.2 Å². The van der Waals surface area contributed by atoms with Crippen molar-refractivity contribution >= 4 is 33.2 Å². The molecular weight excluding hydrogens is 316 g/mol. The van der Waals surface area contributed by atoms with E-state index in [4.69, 9.17) is 4.74 Å². The molecule has 0 aliphatic carbocycles. The zero-order valence-corrected chi connectivity index (χ0v) is 11.8. The molecule has 0 spiro atoms. The summed E-state index contributed by atoms with van der Waals surface area (Å²) in [5, 5.41) is 13.4. The molecule has 2 atom stereocenters. The Labute approximate surface area is 118 Å². The van der Waals surface area contributed by atoms with Crippen molar-refractivity contribution in [3.05, 3.63) is 32.8 Å². The predicted molar refractivity (Wildman–Crippen MR) is 72.9 cm³/mol. The molecular formula is C12H13BrN2O4. The van der Waals surface area contributed by atoms with Gasteiger partial charge in [-0.1, -0.05) is 0 Å². The lowest BCUT2D eigenvalue weighted by Crippen LogP contribution is -2.27. The van der Waals surface area contributed by atoms with Crippen LogP contribution in [-0.2, 0) is 9.53 Å². The zero-order valence-electron chi connectivity index (χ0n) is 10.3. The monoisotopic (exact) mass is 328 g/mol. The number of carbonyl (C=O) groups excluding carboxylic acids is 1. The van der Waals surface area contributed by atoms with Crippen molar-refractivity contribution in [1.29, 1.82) is 0 Å². The molecule has 1 aliphatic rings. The Bertz CT molecular complexity index is 520. The molecule has 0 saturated carbocycles. The molecule has 2 rings (SSSR count). The molecule has 1 heterocycles. The van der Waals surface area contributed by atoms with Crippen LogP contribution in [0.15, 0.2) is 22.7 Å². The Morgan fingerprint density at radius 2 is 2.32 bits per heavy atom. The number of hydrogen-bond acceptors (Lipinski definition) is 4. The highest BCUT2D eigenvalue weighted by molar-refractivity contribution is 9.10. The van der Waals surface area contributed by atoms with Gasteiger partial charge in [-0.2, -0.15) is 0 Å². The van der Waals surface area contributed by atoms with Crippen molar-refractivity contribution < 1.29 is 14.5 Å². The minimum absolute atomic E-state index is 0.0319. The summed E-state index contributed by atoms with van der Waals surface area (Å²) >= 11 is 3.12. The second kappa shape index (κ2) is 5.66. The van der Waals surface area contributed by atoms with Crippen LogP contribution in [0, 0.1) is 16.0 Å². The lowest BCUT2D eigenvalue weighted by molar-refractivity contribution is -0.385. The molecule has 1 aliphatic heterocycles. The first kappa shape index (κ1) is 14.0. The summed E-state index contributed by atoms with van der Waals surface area (Å²) in [5.41, 5.74) is 0.497. The highest BCUT2D eigenvalue weighted by atomic mass is 79.9. The first-order valence-electron chi connectivity index (χ1n) is 5.85. The Kier molecular flexibility index (Phi) is 4.16. The van der Waals surface area contributed by atoms with Gasteiger partial charge in [0, 0.05) is 18.4 Å². The zero-order chi connectivity index (χ0) is 14.0. The largest absolute Gasteiger partial charge is 0.378 e. The van der Waals surface area contributed by atoms with Gasteiger partial charge < -0.3 is 10.1 Å². The van der Waals surface area contributed by atoms with Crippen LogP contribution >= 0.6 is 15.9 Å². The van der Waals surface area contributed by atoms with Crippen molar-refractivity contribution in [2.45, 2.75) is 19.4 Å². The first-order valence-corrected chi connectivity index (χ1v) is 6.64. The molecule has 1 amide bonds. The van der Waals surface area contributed by atoms with Crippen LogP contribution in [-0.4, -0.2) is 23.5 Å². The number of nitrogens with zero attached hydrogens (tertiary/aromatic N) is 1. The van der Waals surface area contributed by atoms with Crippen LogP contribution in [0.1, 0.15) is 13.3 Å². The second-order valence-corrected chi connectivity index (χ2v) is 5.24. The molecule has 1 fully saturated rings. The molecule has 102 valence electrons. The van der Waals surface area contributed by atoms with E-state index in [2.05, 4.69) is 21.2 Å². The third kappa shape index (κ3) is 3.10. The molecule has 1 saturated heterocycles. The van der Waals surface area contributed by atoms with Gasteiger partial charge in [-0.15, -0.1) is 0 Å². The Morgan fingerprint density at radius 1 is 1.58 bits per heavy atom. The number of rotatable bonds is 3. The number of halogens is 1. The number of hydrogen-bond donors (Lipinski definition) is 1. The SMILES string of the molecule is CC1OCCC1C(=O)Nc1ccc([N+](=O)[O-])c(Br)c1. The molecule has 7 heteroatoms. The van der Waals surface area contributed by atoms with E-state index in [1.54, 1.807) is 0 Å². The predicted octanol–water partition coefficient (Wildman–Crippen LogP) is 2.72. The summed E-state index contributed by atoms with van der Waals surface area (Å²) in [6, 6.07) is 4.39. The van der Waals surface area contributed by atoms with Crippen LogP contribution in [0.3, 0.4) is 0 Å². The number of nitro groups is 1. The van der Waals surface area contributed by atoms with E-state index in [1.165, 1.54) is 18.2 Å². The van der Waals surface area contributed by atoms with Gasteiger partial charge in [0.15, 0.2) is 0 Å². The molecule has 6 nitrogen and oxygen atoms in total. The minimum Gasteiger partial charge on any atom is -0.378 e. The molecule has 2 unspecified atom stereocenters. The Hall–Kier alpha value is -1.47. The highest BCUT2D eigenvalue weighted by Gasteiger charge is 2.30. The van der Waals surface area contributed by atoms with Gasteiger partial charge >= 0.3 is 0 Å². The number of carbonyl (C=O) groups is 1. The summed E-state index contributed by atoms with van der Waals surface area (Å²) in [5.74, 6) is -0.292. The van der Waals surface area contributed by atoms with Gasteiger partial charge in [0.25, 0.3) is 5.69 Å². The van der Waals surface area contributed by atoms with Crippen LogP contribution in [0.4, 0.5) is 11.4 Å². The third-order valence-corrected chi connectivity index (χ3v) is 3.76. The smallest absolute Gasteiger partial charge is 0.283 e. The highest BCUT2D eigenvalue weighted by Crippen LogP contribution is 2.28. The number of amides is 1. The van der Waals surface area contributed by atoms with Gasteiger partial charge in [0.2, 0.25) is 5.91 Å². The first-order chi connectivity index (χ1) is 8.99. The lowest BCUT2D eigenvalue weighted by atomic mass is 10.0. The maximum atomic E-state index is 12.0. The Morgan fingerprint density at radius 3 is 2.84 bits per heavy atom. The van der Waals surface area contributed by atoms with E-state index < -0.39 is 4.92 Å². The summed E-state index contributed by atoms with van der Waals surface area (Å²) in [6.45, 7) is 2.45. The van der Waals surface area contributed by atoms with Crippen LogP contribution in [0.25, 0.3) is 0 Å². The fraction of sp³-hybridized carbons (Fsp3) is 0.417. The minimum atomic E-state index is -0.484. The van der Waals surface area contributed by atoms with Gasteiger partial charge in [0.05, 0.1) is 21.4 Å². The second-order valence-electron chi connectivity index (χ2n) is 4.38. The van der Waals surface area contributed by atoms with Gasteiger partial charge in [0.1, 0.15) is 0 Å². The summed E-state index contributed by atoms with van der Waals surface area (Å²) in [6.07, 6.45) is 0.600. The van der Waals surface area contributed by atoms with E-state index in [1.807, 2.05) is 6.92 Å². The number of nitro benzene ring substituents is 1. The van der Waals surface area contributed by atoms with E-state index in [-0.39, 0.29) is 23.6 Å². The van der Waals surface area contributed by atoms with E-state index in [0.717, 1.165) is 0 Å². The van der Waals surface area contributed by atoms with Crippen LogP contribution in [0.5, 0.6) is 0 Å². The van der Waals surface area contributed by atoms with Crippen molar-refractivity contribution in [1.82, 2.24) is 0 Å². The average molecular weight is 329 g/mol. The average Bonchev–Trinajstić information content (AvgIpc) is 2.75. The standard InChI is InChI=1S/C12H13BrN2O4/c1-7-9(4-5-19-7)12(16)14-8-2-3-11(15(17)18)10(13)6-8/h2-3,6-7,9H,4-5H2,1H3,(H,14,16). The molecule has 1 N–H and O–H groups in total. The van der Waals surface area contributed by atoms with Gasteiger partial charge in [-0.3, -0.25) is 14.9 Å². The van der Waals surface area contributed by atoms with Gasteiger partial charge in [-0.25, -0.2) is 0 Å². The summed E-state index contributed by atoms with van der Waals surface area (Å²) in [7, 11) is 0. The van der Waals surface area contributed by atoms with Crippen molar-refractivity contribution in [2.75, 3.05) is 11.9 Å². The molecule has 0 bridgehead atoms. The molecule has 0 aromatic heterocycles. The topological polar surface area (TPSA) is 81.5 Å². The number of anilines is 1. The van der Waals surface area contributed by atoms with Crippen molar-refractivity contribution in [3.63, 3.8) is 0 Å².